The summed E-state index contributed by atoms with van der Waals surface area (Å²) >= 11 is 0. The molecule has 0 spiro atoms. The molecule has 1 aromatic rings. The summed E-state index contributed by atoms with van der Waals surface area (Å²) in [5.74, 6) is -0.179. The second-order valence-corrected chi connectivity index (χ2v) is 4.74. The summed E-state index contributed by atoms with van der Waals surface area (Å²) in [6.45, 7) is 5.45. The zero-order valence-corrected chi connectivity index (χ0v) is 11.8. The highest BCUT2D eigenvalue weighted by Gasteiger charge is 2.17. The van der Waals surface area contributed by atoms with Crippen LogP contribution in [0, 0.1) is 0 Å². The average Bonchev–Trinajstić information content (AvgIpc) is 2.38. The van der Waals surface area contributed by atoms with Gasteiger partial charge in [-0.2, -0.15) is 0 Å². The van der Waals surface area contributed by atoms with Crippen molar-refractivity contribution in [3.05, 3.63) is 35.9 Å². The summed E-state index contributed by atoms with van der Waals surface area (Å²) in [5, 5.41) is 5.73. The molecule has 0 heterocycles. The lowest BCUT2D eigenvalue weighted by atomic mass is 10.0. The Morgan fingerprint density at radius 3 is 2.32 bits per heavy atom. The van der Waals surface area contributed by atoms with E-state index >= 15 is 0 Å². The minimum absolute atomic E-state index is 0.0445. The number of rotatable bonds is 6. The van der Waals surface area contributed by atoms with Gasteiger partial charge in [0.15, 0.2) is 0 Å². The van der Waals surface area contributed by atoms with Crippen molar-refractivity contribution in [2.75, 3.05) is 0 Å². The van der Waals surface area contributed by atoms with Crippen molar-refractivity contribution in [3.63, 3.8) is 0 Å². The Balaban J connectivity index is 2.70. The van der Waals surface area contributed by atoms with Crippen LogP contribution in [0.1, 0.15) is 45.2 Å². The predicted molar refractivity (Wildman–Crippen MR) is 75.5 cm³/mol. The highest BCUT2D eigenvalue weighted by molar-refractivity contribution is 5.79. The molecule has 1 rings (SSSR count). The number of amides is 2. The van der Waals surface area contributed by atoms with Crippen molar-refractivity contribution in [2.24, 2.45) is 0 Å². The smallest absolute Gasteiger partial charge is 0.222 e. The molecule has 0 unspecified atom stereocenters. The number of carbonyl (C=O) groups is 2. The molecule has 0 aliphatic heterocycles. The molecule has 104 valence electrons. The average molecular weight is 262 g/mol. The molecular weight excluding hydrogens is 240 g/mol. The van der Waals surface area contributed by atoms with Crippen molar-refractivity contribution in [1.82, 2.24) is 10.6 Å². The van der Waals surface area contributed by atoms with E-state index in [-0.39, 0.29) is 30.3 Å². The van der Waals surface area contributed by atoms with Crippen LogP contribution in [0.5, 0.6) is 0 Å². The quantitative estimate of drug-likeness (QED) is 0.825. The fourth-order valence-electron chi connectivity index (χ4n) is 1.80. The first-order valence-electron chi connectivity index (χ1n) is 6.64. The summed E-state index contributed by atoms with van der Waals surface area (Å²) in [4.78, 5) is 23.2. The number of hydrogen-bond acceptors (Lipinski definition) is 2. The normalized spacial score (nSPS) is 13.4. The van der Waals surface area contributed by atoms with Crippen LogP contribution >= 0.6 is 0 Å². The van der Waals surface area contributed by atoms with Gasteiger partial charge in [-0.25, -0.2) is 0 Å². The molecule has 0 aliphatic rings. The molecule has 4 heteroatoms. The topological polar surface area (TPSA) is 58.2 Å². The maximum Gasteiger partial charge on any atom is 0.222 e. The van der Waals surface area contributed by atoms with Gasteiger partial charge in [0.2, 0.25) is 11.8 Å². The molecule has 4 nitrogen and oxygen atoms in total. The van der Waals surface area contributed by atoms with E-state index in [1.165, 1.54) is 6.92 Å². The molecule has 0 saturated heterocycles. The van der Waals surface area contributed by atoms with Gasteiger partial charge in [0, 0.05) is 13.0 Å². The van der Waals surface area contributed by atoms with Gasteiger partial charge in [-0.05, 0) is 18.9 Å². The van der Waals surface area contributed by atoms with Crippen LogP contribution in [0.2, 0.25) is 0 Å². The minimum atomic E-state index is -0.275. The third-order valence-electron chi connectivity index (χ3n) is 2.99. The second-order valence-electron chi connectivity index (χ2n) is 4.74. The summed E-state index contributed by atoms with van der Waals surface area (Å²) in [5.41, 5.74) is 0.942. The van der Waals surface area contributed by atoms with E-state index in [0.717, 1.165) is 12.0 Å². The van der Waals surface area contributed by atoms with Gasteiger partial charge in [0.05, 0.1) is 12.5 Å². The van der Waals surface area contributed by atoms with Crippen LogP contribution in [0.25, 0.3) is 0 Å². The largest absolute Gasteiger partial charge is 0.354 e. The molecule has 0 fully saturated rings. The molecule has 0 aromatic heterocycles. The van der Waals surface area contributed by atoms with E-state index in [0.29, 0.717) is 0 Å². The molecule has 1 aromatic carbocycles. The van der Waals surface area contributed by atoms with Gasteiger partial charge in [-0.3, -0.25) is 9.59 Å². The highest BCUT2D eigenvalue weighted by atomic mass is 16.2. The Bertz CT molecular complexity index is 417. The van der Waals surface area contributed by atoms with Crippen molar-refractivity contribution >= 4 is 11.8 Å². The third-order valence-corrected chi connectivity index (χ3v) is 2.99. The Labute approximate surface area is 114 Å². The van der Waals surface area contributed by atoms with Gasteiger partial charge in [-0.15, -0.1) is 0 Å². The van der Waals surface area contributed by atoms with E-state index in [9.17, 15) is 9.59 Å². The number of nitrogens with one attached hydrogen (secondary N) is 2. The van der Waals surface area contributed by atoms with Crippen LogP contribution in [-0.4, -0.2) is 17.9 Å². The Kier molecular flexibility index (Phi) is 6.06. The molecular formula is C15H22N2O2. The van der Waals surface area contributed by atoms with E-state index in [4.69, 9.17) is 0 Å². The van der Waals surface area contributed by atoms with Gasteiger partial charge in [0.25, 0.3) is 0 Å². The summed E-state index contributed by atoms with van der Waals surface area (Å²) in [7, 11) is 0. The van der Waals surface area contributed by atoms with Crippen molar-refractivity contribution in [2.45, 2.75) is 45.7 Å². The first kappa shape index (κ1) is 15.2. The molecule has 0 radical (unpaired) electrons. The summed E-state index contributed by atoms with van der Waals surface area (Å²) < 4.78 is 0. The van der Waals surface area contributed by atoms with Crippen molar-refractivity contribution in [3.8, 4) is 0 Å². The zero-order chi connectivity index (χ0) is 14.3. The third kappa shape index (κ3) is 5.55. The standard InChI is InChI=1S/C15H22N2O2/c1-4-11(2)16-15(19)10-14(17-12(3)18)13-8-6-5-7-9-13/h5-9,11,14H,4,10H2,1-3H3,(H,16,19)(H,17,18)/t11-,14+/m0/s1. The van der Waals surface area contributed by atoms with Gasteiger partial charge in [-0.1, -0.05) is 37.3 Å². The minimum Gasteiger partial charge on any atom is -0.354 e. The predicted octanol–water partition coefficient (Wildman–Crippen LogP) is 2.17. The SMILES string of the molecule is CC[C@H](C)NC(=O)C[C@@H](NC(C)=O)c1ccccc1. The molecule has 0 bridgehead atoms. The van der Waals surface area contributed by atoms with Crippen LogP contribution in [0.3, 0.4) is 0 Å². The van der Waals surface area contributed by atoms with E-state index in [1.54, 1.807) is 0 Å². The molecule has 19 heavy (non-hydrogen) atoms. The Morgan fingerprint density at radius 2 is 1.79 bits per heavy atom. The second kappa shape index (κ2) is 7.56. The van der Waals surface area contributed by atoms with Crippen LogP contribution in [0.15, 0.2) is 30.3 Å². The highest BCUT2D eigenvalue weighted by Crippen LogP contribution is 2.16. The summed E-state index contributed by atoms with van der Waals surface area (Å²) in [6.07, 6.45) is 1.15. The monoisotopic (exact) mass is 262 g/mol. The fraction of sp³-hybridized carbons (Fsp3) is 0.467. The van der Waals surface area contributed by atoms with Crippen LogP contribution in [0.4, 0.5) is 0 Å². The maximum atomic E-state index is 11.9. The molecule has 0 saturated carbocycles. The lowest BCUT2D eigenvalue weighted by molar-refractivity contribution is -0.123. The van der Waals surface area contributed by atoms with Gasteiger partial charge in [0.1, 0.15) is 0 Å². The molecule has 0 aliphatic carbocycles. The van der Waals surface area contributed by atoms with Crippen molar-refractivity contribution in [1.29, 1.82) is 0 Å². The Hall–Kier alpha value is -1.84. The van der Waals surface area contributed by atoms with Crippen molar-refractivity contribution < 1.29 is 9.59 Å². The number of benzene rings is 1. The summed E-state index contributed by atoms with van der Waals surface area (Å²) in [6, 6.07) is 9.42. The van der Waals surface area contributed by atoms with E-state index in [1.807, 2.05) is 44.2 Å². The van der Waals surface area contributed by atoms with Gasteiger partial charge >= 0.3 is 0 Å². The zero-order valence-electron chi connectivity index (χ0n) is 11.8. The lowest BCUT2D eigenvalue weighted by Crippen LogP contribution is -2.36. The number of hydrogen-bond donors (Lipinski definition) is 2. The first-order chi connectivity index (χ1) is 9.02. The Morgan fingerprint density at radius 1 is 1.16 bits per heavy atom. The number of carbonyl (C=O) groups excluding carboxylic acids is 2. The van der Waals surface area contributed by atoms with Crippen LogP contribution in [-0.2, 0) is 9.59 Å². The van der Waals surface area contributed by atoms with E-state index in [2.05, 4.69) is 10.6 Å². The maximum absolute atomic E-state index is 11.9. The molecule has 2 amide bonds. The first-order valence-corrected chi connectivity index (χ1v) is 6.64. The molecule has 2 N–H and O–H groups in total. The van der Waals surface area contributed by atoms with Gasteiger partial charge < -0.3 is 10.6 Å². The molecule has 2 atom stereocenters. The van der Waals surface area contributed by atoms with Crippen LogP contribution < -0.4 is 10.6 Å². The fourth-order valence-corrected chi connectivity index (χ4v) is 1.80. The lowest BCUT2D eigenvalue weighted by Gasteiger charge is -2.19. The van der Waals surface area contributed by atoms with E-state index < -0.39 is 0 Å².